The van der Waals surface area contributed by atoms with Gasteiger partial charge in [-0.3, -0.25) is 9.69 Å². The van der Waals surface area contributed by atoms with Crippen LogP contribution in [0.5, 0.6) is 0 Å². The average Bonchev–Trinajstić information content (AvgIpc) is 3.17. The van der Waals surface area contributed by atoms with Crippen LogP contribution in [0.25, 0.3) is 11.1 Å². The minimum Gasteiger partial charge on any atom is -0.465 e. The molecule has 0 saturated carbocycles. The predicted molar refractivity (Wildman–Crippen MR) is 113 cm³/mol. The van der Waals surface area contributed by atoms with Gasteiger partial charge in [-0.15, -0.1) is 0 Å². The molecule has 1 saturated heterocycles. The molecule has 30 heavy (non-hydrogen) atoms. The summed E-state index contributed by atoms with van der Waals surface area (Å²) in [5.41, 5.74) is 3.57. The summed E-state index contributed by atoms with van der Waals surface area (Å²) in [6, 6.07) is 13.1. The van der Waals surface area contributed by atoms with Crippen LogP contribution in [-0.4, -0.2) is 60.8 Å². The molecule has 2 aromatic carbocycles. The van der Waals surface area contributed by atoms with E-state index in [0.717, 1.165) is 23.2 Å². The molecule has 0 radical (unpaired) electrons. The van der Waals surface area contributed by atoms with Crippen LogP contribution in [0.15, 0.2) is 42.5 Å². The Labute approximate surface area is 176 Å². The average molecular weight is 410 g/mol. The fraction of sp³-hybridized carbons (Fsp3) is 0.417. The summed E-state index contributed by atoms with van der Waals surface area (Å²) in [6.07, 6.45) is 1.23. The molecule has 1 unspecified atom stereocenters. The second-order valence-corrected chi connectivity index (χ2v) is 8.11. The second kappa shape index (κ2) is 8.56. The van der Waals surface area contributed by atoms with E-state index in [1.807, 2.05) is 24.3 Å². The number of likely N-dealkylation sites (tertiary alicyclic amines) is 1. The first-order valence-corrected chi connectivity index (χ1v) is 10.5. The maximum Gasteiger partial charge on any atom is 0.337 e. The molecule has 1 fully saturated rings. The molecule has 2 atom stereocenters. The largest absolute Gasteiger partial charge is 0.465 e. The van der Waals surface area contributed by atoms with Crippen molar-refractivity contribution in [3.8, 4) is 11.1 Å². The van der Waals surface area contributed by atoms with Gasteiger partial charge in [0.1, 0.15) is 0 Å². The fourth-order valence-corrected chi connectivity index (χ4v) is 4.44. The van der Waals surface area contributed by atoms with Crippen molar-refractivity contribution in [2.24, 2.45) is 0 Å². The summed E-state index contributed by atoms with van der Waals surface area (Å²) >= 11 is 0. The highest BCUT2D eigenvalue weighted by Crippen LogP contribution is 2.29. The van der Waals surface area contributed by atoms with Gasteiger partial charge >= 0.3 is 5.97 Å². The molecule has 0 aromatic heterocycles. The zero-order valence-electron chi connectivity index (χ0n) is 17.4. The van der Waals surface area contributed by atoms with Crippen molar-refractivity contribution in [3.63, 3.8) is 0 Å². The summed E-state index contributed by atoms with van der Waals surface area (Å²) in [4.78, 5) is 28.2. The summed E-state index contributed by atoms with van der Waals surface area (Å²) in [5, 5.41) is 0. The van der Waals surface area contributed by atoms with Crippen molar-refractivity contribution in [2.75, 3.05) is 26.7 Å². The van der Waals surface area contributed by atoms with Crippen molar-refractivity contribution in [1.29, 1.82) is 0 Å². The highest BCUT2D eigenvalue weighted by atomic mass is 19.1. The highest BCUT2D eigenvalue weighted by Gasteiger charge is 2.33. The van der Waals surface area contributed by atoms with Crippen LogP contribution in [0.4, 0.5) is 4.39 Å². The number of nitrogens with zero attached hydrogens (tertiary/aromatic N) is 2. The monoisotopic (exact) mass is 410 g/mol. The third-order valence-electron chi connectivity index (χ3n) is 6.28. The molecule has 2 aliphatic heterocycles. The number of hydrogen-bond donors (Lipinski definition) is 0. The van der Waals surface area contributed by atoms with Crippen molar-refractivity contribution in [3.05, 3.63) is 59.2 Å². The van der Waals surface area contributed by atoms with Crippen LogP contribution >= 0.6 is 0 Å². The maximum absolute atomic E-state index is 14.9. The van der Waals surface area contributed by atoms with E-state index in [4.69, 9.17) is 4.74 Å². The molecule has 158 valence electrons. The van der Waals surface area contributed by atoms with E-state index in [-0.39, 0.29) is 18.3 Å². The second-order valence-electron chi connectivity index (χ2n) is 8.11. The SMILES string of the molecule is COC(=O)c1ccc(-c2ccc3c(c2)C[C@@H](F)N(CCN2CCCC2C)C3=O)cc1. The van der Waals surface area contributed by atoms with Gasteiger partial charge in [0.2, 0.25) is 0 Å². The standard InChI is InChI=1S/C24H27FN2O3/c1-16-4-3-11-26(16)12-13-27-22(25)15-20-14-19(9-10-21(20)23(27)28)17-5-7-18(8-6-17)24(29)30-2/h5-10,14,16,22H,3-4,11-13,15H2,1-2H3/t16?,22-/m0/s1. The Balaban J connectivity index is 1.50. The maximum atomic E-state index is 14.9. The molecule has 2 heterocycles. The van der Waals surface area contributed by atoms with Crippen molar-refractivity contribution in [1.82, 2.24) is 9.80 Å². The lowest BCUT2D eigenvalue weighted by atomic mass is 9.93. The highest BCUT2D eigenvalue weighted by molar-refractivity contribution is 5.97. The summed E-state index contributed by atoms with van der Waals surface area (Å²) in [7, 11) is 1.35. The zero-order chi connectivity index (χ0) is 21.3. The van der Waals surface area contributed by atoms with Gasteiger partial charge in [0, 0.05) is 31.1 Å². The number of hydrogen-bond acceptors (Lipinski definition) is 4. The quantitative estimate of drug-likeness (QED) is 0.554. The van der Waals surface area contributed by atoms with Crippen LogP contribution < -0.4 is 0 Å². The molecule has 4 rings (SSSR count). The summed E-state index contributed by atoms with van der Waals surface area (Å²) in [6.45, 7) is 4.34. The number of esters is 1. The molecule has 2 aliphatic rings. The first-order valence-electron chi connectivity index (χ1n) is 10.5. The Morgan fingerprint density at radius 2 is 1.87 bits per heavy atom. The molecule has 0 spiro atoms. The smallest absolute Gasteiger partial charge is 0.337 e. The van der Waals surface area contributed by atoms with E-state index in [2.05, 4.69) is 11.8 Å². The van der Waals surface area contributed by atoms with Crippen molar-refractivity contribution >= 4 is 11.9 Å². The van der Waals surface area contributed by atoms with E-state index < -0.39 is 6.30 Å². The van der Waals surface area contributed by atoms with E-state index in [0.29, 0.717) is 30.3 Å². The Morgan fingerprint density at radius 3 is 2.53 bits per heavy atom. The topological polar surface area (TPSA) is 49.9 Å². The number of carbonyl (C=O) groups excluding carboxylic acids is 2. The van der Waals surface area contributed by atoms with Gasteiger partial charge in [-0.25, -0.2) is 9.18 Å². The van der Waals surface area contributed by atoms with Gasteiger partial charge in [0.25, 0.3) is 5.91 Å². The van der Waals surface area contributed by atoms with Crippen LogP contribution in [-0.2, 0) is 11.2 Å². The van der Waals surface area contributed by atoms with E-state index in [1.54, 1.807) is 18.2 Å². The van der Waals surface area contributed by atoms with Crippen LogP contribution in [0, 0.1) is 0 Å². The van der Waals surface area contributed by atoms with E-state index >= 15 is 0 Å². The van der Waals surface area contributed by atoms with Gasteiger partial charge in [-0.05, 0) is 61.2 Å². The van der Waals surface area contributed by atoms with Crippen LogP contribution in [0.1, 0.15) is 46.0 Å². The van der Waals surface area contributed by atoms with Gasteiger partial charge < -0.3 is 9.64 Å². The number of amides is 1. The number of methoxy groups -OCH3 is 1. The lowest BCUT2D eigenvalue weighted by Crippen LogP contribution is -2.47. The van der Waals surface area contributed by atoms with Crippen molar-refractivity contribution < 1.29 is 18.7 Å². The predicted octanol–water partition coefficient (Wildman–Crippen LogP) is 3.92. The molecule has 0 bridgehead atoms. The lowest BCUT2D eigenvalue weighted by Gasteiger charge is -2.34. The van der Waals surface area contributed by atoms with E-state index in [1.165, 1.54) is 24.9 Å². The minimum absolute atomic E-state index is 0.199. The van der Waals surface area contributed by atoms with Crippen LogP contribution in [0.3, 0.4) is 0 Å². The van der Waals surface area contributed by atoms with E-state index in [9.17, 15) is 14.0 Å². The molecule has 0 N–H and O–H groups in total. The number of alkyl halides is 1. The number of halogens is 1. The Morgan fingerprint density at radius 1 is 1.13 bits per heavy atom. The first-order chi connectivity index (χ1) is 14.5. The Bertz CT molecular complexity index is 944. The zero-order valence-corrected chi connectivity index (χ0v) is 17.4. The molecule has 2 aromatic rings. The van der Waals surface area contributed by atoms with Gasteiger partial charge in [-0.1, -0.05) is 24.3 Å². The van der Waals surface area contributed by atoms with Crippen LogP contribution in [0.2, 0.25) is 0 Å². The summed E-state index contributed by atoms with van der Waals surface area (Å²) < 4.78 is 19.6. The first kappa shape index (κ1) is 20.5. The Hall–Kier alpha value is -2.73. The number of carbonyl (C=O) groups is 2. The van der Waals surface area contributed by atoms with Gasteiger partial charge in [0.15, 0.2) is 6.30 Å². The summed E-state index contributed by atoms with van der Waals surface area (Å²) in [5.74, 6) is -0.621. The molecule has 0 aliphatic carbocycles. The normalized spacial score (nSPS) is 21.6. The molecule has 1 amide bonds. The molecular weight excluding hydrogens is 383 g/mol. The fourth-order valence-electron chi connectivity index (χ4n) is 4.44. The minimum atomic E-state index is -1.31. The van der Waals surface area contributed by atoms with Gasteiger partial charge in [-0.2, -0.15) is 0 Å². The number of rotatable bonds is 5. The number of benzene rings is 2. The number of ether oxygens (including phenoxy) is 1. The lowest BCUT2D eigenvalue weighted by molar-refractivity contribution is 0.0376. The molecular formula is C24H27FN2O3. The Kier molecular flexibility index (Phi) is 5.86. The van der Waals surface area contributed by atoms with Crippen molar-refractivity contribution in [2.45, 2.75) is 38.5 Å². The molecule has 5 nitrogen and oxygen atoms in total. The van der Waals surface area contributed by atoms with Gasteiger partial charge in [0.05, 0.1) is 12.7 Å². The number of fused-ring (bicyclic) bond motifs is 1. The third-order valence-corrected chi connectivity index (χ3v) is 6.28. The third kappa shape index (κ3) is 3.97. The molecule has 6 heteroatoms.